The lowest BCUT2D eigenvalue weighted by Crippen LogP contribution is -2.52. The Morgan fingerprint density at radius 3 is 2.81 bits per heavy atom. The van der Waals surface area contributed by atoms with E-state index < -0.39 is 0 Å². The van der Waals surface area contributed by atoms with Crippen molar-refractivity contribution in [1.29, 1.82) is 0 Å². The number of benzene rings is 1. The number of likely N-dealkylation sites (tertiary alicyclic amines) is 1. The molecular weight excluding hydrogens is 387 g/mol. The molecule has 3 saturated heterocycles. The Labute approximate surface area is 173 Å². The third kappa shape index (κ3) is 3.37. The van der Waals surface area contributed by atoms with E-state index in [1.54, 1.807) is 7.11 Å². The zero-order valence-corrected chi connectivity index (χ0v) is 17.4. The van der Waals surface area contributed by atoms with E-state index in [4.69, 9.17) is 9.47 Å². The topological polar surface area (TPSA) is 54.0 Å². The SMILES string of the molecule is COc1cc2c(cc1CN1C[C@@H]3[C@H](CO)[C@H]4CNC[C@]3(C1)O4)CCC2.Cl.Cl. The first-order valence-corrected chi connectivity index (χ1v) is 9.63. The van der Waals surface area contributed by atoms with Gasteiger partial charge in [0, 0.05) is 56.7 Å². The molecule has 3 fully saturated rings. The van der Waals surface area contributed by atoms with Crippen molar-refractivity contribution in [3.05, 3.63) is 28.8 Å². The van der Waals surface area contributed by atoms with Crippen molar-refractivity contribution in [2.24, 2.45) is 11.8 Å². The number of nitrogens with one attached hydrogen (secondary N) is 1. The van der Waals surface area contributed by atoms with Crippen molar-refractivity contribution in [2.75, 3.05) is 39.9 Å². The number of aliphatic hydroxyl groups is 1. The lowest BCUT2D eigenvalue weighted by atomic mass is 9.83. The van der Waals surface area contributed by atoms with Crippen LogP contribution in [0.1, 0.15) is 23.1 Å². The summed E-state index contributed by atoms with van der Waals surface area (Å²) in [7, 11) is 1.78. The van der Waals surface area contributed by atoms with Gasteiger partial charge in [0.15, 0.2) is 0 Å². The largest absolute Gasteiger partial charge is 0.496 e. The minimum Gasteiger partial charge on any atom is -0.496 e. The number of rotatable bonds is 4. The van der Waals surface area contributed by atoms with Gasteiger partial charge in [-0.15, -0.1) is 24.8 Å². The van der Waals surface area contributed by atoms with Crippen LogP contribution in [0.15, 0.2) is 12.1 Å². The fourth-order valence-electron chi connectivity index (χ4n) is 5.72. The van der Waals surface area contributed by atoms with Gasteiger partial charge in [0.05, 0.1) is 18.8 Å². The van der Waals surface area contributed by atoms with E-state index in [1.165, 1.54) is 36.0 Å². The molecule has 1 aromatic carbocycles. The Bertz CT molecular complexity index is 689. The number of halogens is 2. The first kappa shape index (κ1) is 21.2. The van der Waals surface area contributed by atoms with Crippen LogP contribution < -0.4 is 10.1 Å². The average Bonchev–Trinajstić information content (AvgIpc) is 3.24. The van der Waals surface area contributed by atoms with Crippen LogP contribution in [0.4, 0.5) is 0 Å². The molecule has 152 valence electrons. The molecule has 5 nitrogen and oxygen atoms in total. The van der Waals surface area contributed by atoms with Crippen LogP contribution in [0.5, 0.6) is 5.75 Å². The maximum atomic E-state index is 9.87. The Morgan fingerprint density at radius 1 is 1.30 bits per heavy atom. The summed E-state index contributed by atoms with van der Waals surface area (Å²) in [5.74, 6) is 1.72. The fourth-order valence-corrected chi connectivity index (χ4v) is 5.72. The summed E-state index contributed by atoms with van der Waals surface area (Å²) in [5, 5.41) is 13.4. The smallest absolute Gasteiger partial charge is 0.123 e. The van der Waals surface area contributed by atoms with E-state index in [0.29, 0.717) is 5.92 Å². The lowest BCUT2D eigenvalue weighted by molar-refractivity contribution is -0.0746. The highest BCUT2D eigenvalue weighted by Gasteiger charge is 2.60. The predicted octanol–water partition coefficient (Wildman–Crippen LogP) is 1.81. The van der Waals surface area contributed by atoms with Crippen LogP contribution >= 0.6 is 24.8 Å². The highest BCUT2D eigenvalue weighted by atomic mass is 35.5. The number of aryl methyl sites for hydroxylation is 2. The minimum atomic E-state index is -0.111. The van der Waals surface area contributed by atoms with Gasteiger partial charge in [0.1, 0.15) is 5.75 Å². The number of methoxy groups -OCH3 is 1. The molecule has 1 aliphatic carbocycles. The summed E-state index contributed by atoms with van der Waals surface area (Å²) in [5.41, 5.74) is 4.14. The number of ether oxygens (including phenoxy) is 2. The third-order valence-electron chi connectivity index (χ3n) is 6.87. The summed E-state index contributed by atoms with van der Waals surface area (Å²) in [6.07, 6.45) is 3.82. The maximum Gasteiger partial charge on any atom is 0.123 e. The molecule has 0 saturated carbocycles. The fraction of sp³-hybridized carbons (Fsp3) is 0.700. The van der Waals surface area contributed by atoms with Crippen LogP contribution in [-0.2, 0) is 24.1 Å². The minimum absolute atomic E-state index is 0. The number of hydrogen-bond acceptors (Lipinski definition) is 5. The number of nitrogens with zero attached hydrogens (tertiary/aromatic N) is 1. The number of fused-ring (bicyclic) bond motifs is 2. The Hall–Kier alpha value is -0.560. The van der Waals surface area contributed by atoms with Gasteiger partial charge in [0.25, 0.3) is 0 Å². The highest BCUT2D eigenvalue weighted by Crippen LogP contribution is 2.47. The molecule has 2 N–H and O–H groups in total. The molecule has 0 radical (unpaired) electrons. The van der Waals surface area contributed by atoms with Gasteiger partial charge in [-0.2, -0.15) is 0 Å². The van der Waals surface area contributed by atoms with E-state index in [9.17, 15) is 5.11 Å². The summed E-state index contributed by atoms with van der Waals surface area (Å²) in [6.45, 7) is 4.86. The van der Waals surface area contributed by atoms with Crippen molar-refractivity contribution in [1.82, 2.24) is 10.2 Å². The molecule has 3 aliphatic heterocycles. The number of hydrogen-bond donors (Lipinski definition) is 2. The zero-order valence-electron chi connectivity index (χ0n) is 15.8. The first-order valence-electron chi connectivity index (χ1n) is 9.63. The quantitative estimate of drug-likeness (QED) is 0.783. The first-order chi connectivity index (χ1) is 12.2. The van der Waals surface area contributed by atoms with Crippen molar-refractivity contribution in [3.63, 3.8) is 0 Å². The molecule has 1 spiro atoms. The van der Waals surface area contributed by atoms with Crippen molar-refractivity contribution in [3.8, 4) is 5.75 Å². The predicted molar refractivity (Wildman–Crippen MR) is 109 cm³/mol. The van der Waals surface area contributed by atoms with Crippen molar-refractivity contribution < 1.29 is 14.6 Å². The van der Waals surface area contributed by atoms with E-state index in [0.717, 1.165) is 38.5 Å². The van der Waals surface area contributed by atoms with Gasteiger partial charge in [-0.05, 0) is 36.5 Å². The Morgan fingerprint density at radius 2 is 2.07 bits per heavy atom. The monoisotopic (exact) mass is 416 g/mol. The normalized spacial score (nSPS) is 33.8. The molecule has 4 aliphatic rings. The van der Waals surface area contributed by atoms with Crippen molar-refractivity contribution in [2.45, 2.75) is 37.5 Å². The molecule has 5 rings (SSSR count). The van der Waals surface area contributed by atoms with Crippen LogP contribution in [0.3, 0.4) is 0 Å². The van der Waals surface area contributed by atoms with Crippen LogP contribution in [0.2, 0.25) is 0 Å². The van der Waals surface area contributed by atoms with E-state index in [2.05, 4.69) is 22.3 Å². The molecule has 1 aromatic rings. The molecule has 3 heterocycles. The molecular formula is C20H30Cl2N2O3. The molecule has 2 bridgehead atoms. The average molecular weight is 417 g/mol. The third-order valence-corrected chi connectivity index (χ3v) is 6.87. The van der Waals surface area contributed by atoms with Crippen LogP contribution in [-0.4, -0.2) is 61.6 Å². The zero-order chi connectivity index (χ0) is 17.0. The van der Waals surface area contributed by atoms with Crippen molar-refractivity contribution >= 4 is 24.8 Å². The van der Waals surface area contributed by atoms with E-state index in [1.807, 2.05) is 0 Å². The molecule has 0 unspecified atom stereocenters. The Balaban J connectivity index is 0.00000105. The summed E-state index contributed by atoms with van der Waals surface area (Å²) >= 11 is 0. The lowest BCUT2D eigenvalue weighted by Gasteiger charge is -2.34. The summed E-state index contributed by atoms with van der Waals surface area (Å²) in [6, 6.07) is 4.61. The molecule has 0 amide bonds. The number of aliphatic hydroxyl groups excluding tert-OH is 1. The second-order valence-electron chi connectivity index (χ2n) is 8.26. The van der Waals surface area contributed by atoms with Gasteiger partial charge in [-0.25, -0.2) is 0 Å². The second kappa shape index (κ2) is 8.05. The van der Waals surface area contributed by atoms with Gasteiger partial charge < -0.3 is 19.9 Å². The number of morpholine rings is 1. The highest BCUT2D eigenvalue weighted by molar-refractivity contribution is 5.85. The molecule has 4 atom stereocenters. The van der Waals surface area contributed by atoms with Crippen LogP contribution in [0, 0.1) is 11.8 Å². The standard InChI is InChI=1S/C20H28N2O3.2ClH/c1-24-18-6-14-4-2-3-13(14)5-15(18)8-22-9-17-16(10-23)19-7-21-11-20(17,12-22)25-19;;/h5-6,16-17,19,21,23H,2-4,7-12H2,1H3;2*1H/t16-,17+,19+,20+;;/m0../s1. The molecule has 27 heavy (non-hydrogen) atoms. The summed E-state index contributed by atoms with van der Waals surface area (Å²) in [4.78, 5) is 2.50. The van der Waals surface area contributed by atoms with Gasteiger partial charge >= 0.3 is 0 Å². The Kier molecular flexibility index (Phi) is 6.31. The second-order valence-corrected chi connectivity index (χ2v) is 8.26. The van der Waals surface area contributed by atoms with E-state index in [-0.39, 0.29) is 49.0 Å². The molecule has 0 aromatic heterocycles. The van der Waals surface area contributed by atoms with Crippen LogP contribution in [0.25, 0.3) is 0 Å². The maximum absolute atomic E-state index is 9.87. The van der Waals surface area contributed by atoms with Gasteiger partial charge in [0.2, 0.25) is 0 Å². The van der Waals surface area contributed by atoms with Gasteiger partial charge in [-0.3, -0.25) is 4.90 Å². The van der Waals surface area contributed by atoms with E-state index >= 15 is 0 Å². The molecule has 7 heteroatoms. The summed E-state index contributed by atoms with van der Waals surface area (Å²) < 4.78 is 12.1. The van der Waals surface area contributed by atoms with Gasteiger partial charge in [-0.1, -0.05) is 6.07 Å².